The Kier molecular flexibility index (Phi) is 6.60. The van der Waals surface area contributed by atoms with E-state index < -0.39 is 4.92 Å². The minimum absolute atomic E-state index is 0.0230. The molecule has 182 valence electrons. The number of aromatic nitrogens is 1. The van der Waals surface area contributed by atoms with Crippen LogP contribution in [0.5, 0.6) is 0 Å². The molecule has 8 nitrogen and oxygen atoms in total. The SMILES string of the molecule is CCN1C(=O)C(=c2sc(=CC=C3Sc4ccc([N+](=O)[O-])cc4N3C)c(=O)n2-c2ccccc2)SC1=S. The lowest BCUT2D eigenvalue weighted by molar-refractivity contribution is -0.384. The highest BCUT2D eigenvalue weighted by Crippen LogP contribution is 2.46. The summed E-state index contributed by atoms with van der Waals surface area (Å²) in [6, 6.07) is 13.9. The van der Waals surface area contributed by atoms with Gasteiger partial charge >= 0.3 is 0 Å². The zero-order valence-corrected chi connectivity index (χ0v) is 22.3. The van der Waals surface area contributed by atoms with Gasteiger partial charge in [-0.3, -0.25) is 29.2 Å². The normalized spacial score (nSPS) is 18.5. The molecule has 1 amide bonds. The molecule has 5 rings (SSSR count). The van der Waals surface area contributed by atoms with Crippen LogP contribution in [0.1, 0.15) is 6.92 Å². The van der Waals surface area contributed by atoms with Crippen molar-refractivity contribution in [3.63, 3.8) is 0 Å². The van der Waals surface area contributed by atoms with Crippen LogP contribution in [0.4, 0.5) is 11.4 Å². The van der Waals surface area contributed by atoms with Gasteiger partial charge in [0.25, 0.3) is 17.2 Å². The Morgan fingerprint density at radius 2 is 1.83 bits per heavy atom. The summed E-state index contributed by atoms with van der Waals surface area (Å²) in [5.41, 5.74) is 1.18. The van der Waals surface area contributed by atoms with Crippen molar-refractivity contribution in [3.8, 4) is 5.69 Å². The molecule has 2 aromatic carbocycles. The molecule has 1 aromatic heterocycles. The Labute approximate surface area is 223 Å². The van der Waals surface area contributed by atoms with Crippen LogP contribution in [0, 0.1) is 10.1 Å². The average Bonchev–Trinajstić information content (AvgIpc) is 3.47. The van der Waals surface area contributed by atoms with Gasteiger partial charge in [0.15, 0.2) is 0 Å². The molecular weight excluding hydrogens is 537 g/mol. The van der Waals surface area contributed by atoms with Crippen LogP contribution in [0.2, 0.25) is 0 Å². The maximum Gasteiger partial charge on any atom is 0.273 e. The summed E-state index contributed by atoms with van der Waals surface area (Å²) >= 11 is 9.30. The van der Waals surface area contributed by atoms with E-state index in [1.165, 1.54) is 51.9 Å². The van der Waals surface area contributed by atoms with Gasteiger partial charge in [-0.2, -0.15) is 0 Å². The standard InChI is InChI=1S/C24H18N4O4S4/c1-3-26-22(30)20(36-24(26)33)23-27(14-7-5-4-6-8-14)21(29)18(35-23)11-12-19-25(2)16-13-15(28(31)32)9-10-17(16)34-19/h4-13H,3H2,1-2H3. The van der Waals surface area contributed by atoms with Crippen molar-refractivity contribution < 1.29 is 9.72 Å². The predicted molar refractivity (Wildman–Crippen MR) is 150 cm³/mol. The topological polar surface area (TPSA) is 88.7 Å². The number of thioether (sulfide) groups is 2. The van der Waals surface area contributed by atoms with Gasteiger partial charge in [0, 0.05) is 30.6 Å². The van der Waals surface area contributed by atoms with E-state index in [9.17, 15) is 19.7 Å². The number of amides is 1. The highest BCUT2D eigenvalue weighted by molar-refractivity contribution is 8.30. The summed E-state index contributed by atoms with van der Waals surface area (Å²) in [5.74, 6) is -0.202. The number of allylic oxidation sites excluding steroid dienone is 1. The van der Waals surface area contributed by atoms with Crippen LogP contribution in [0.15, 0.2) is 69.3 Å². The number of nitrogens with zero attached hydrogens (tertiary/aromatic N) is 4. The molecule has 36 heavy (non-hydrogen) atoms. The molecule has 12 heteroatoms. The van der Waals surface area contributed by atoms with E-state index in [-0.39, 0.29) is 17.2 Å². The maximum absolute atomic E-state index is 13.5. The van der Waals surface area contributed by atoms with Crippen molar-refractivity contribution in [2.45, 2.75) is 11.8 Å². The number of hydrogen-bond donors (Lipinski definition) is 0. The van der Waals surface area contributed by atoms with Crippen LogP contribution in [0.25, 0.3) is 16.7 Å². The first-order chi connectivity index (χ1) is 17.3. The molecule has 3 heterocycles. The number of nitro groups is 1. The summed E-state index contributed by atoms with van der Waals surface area (Å²) < 4.78 is 3.02. The molecule has 0 spiro atoms. The second-order valence-electron chi connectivity index (χ2n) is 7.74. The number of hydrogen-bond acceptors (Lipinski definition) is 9. The van der Waals surface area contributed by atoms with Crippen LogP contribution >= 0.6 is 47.1 Å². The highest BCUT2D eigenvalue weighted by atomic mass is 32.2. The van der Waals surface area contributed by atoms with Gasteiger partial charge in [0.1, 0.15) is 13.9 Å². The summed E-state index contributed by atoms with van der Waals surface area (Å²) in [6.07, 6.45) is 3.55. The van der Waals surface area contributed by atoms with Crippen molar-refractivity contribution in [3.05, 3.63) is 89.3 Å². The Hall–Kier alpha value is -3.19. The Balaban J connectivity index is 1.65. The lowest BCUT2D eigenvalue weighted by Gasteiger charge is -2.12. The second kappa shape index (κ2) is 9.69. The van der Waals surface area contributed by atoms with E-state index in [0.717, 1.165) is 15.6 Å². The van der Waals surface area contributed by atoms with E-state index in [2.05, 4.69) is 0 Å². The predicted octanol–water partition coefficient (Wildman–Crippen LogP) is 3.66. The molecule has 2 aliphatic heterocycles. The van der Waals surface area contributed by atoms with Gasteiger partial charge < -0.3 is 4.90 Å². The number of thiocarbonyl (C=S) groups is 1. The van der Waals surface area contributed by atoms with E-state index >= 15 is 0 Å². The zero-order valence-electron chi connectivity index (χ0n) is 19.0. The molecular formula is C24H18N4O4S4. The van der Waals surface area contributed by atoms with E-state index in [1.807, 2.05) is 55.3 Å². The van der Waals surface area contributed by atoms with Crippen LogP contribution in [0.3, 0.4) is 0 Å². The first-order valence-electron chi connectivity index (χ1n) is 10.8. The van der Waals surface area contributed by atoms with Gasteiger partial charge in [-0.05, 0) is 37.3 Å². The summed E-state index contributed by atoms with van der Waals surface area (Å²) in [5, 5.41) is 12.0. The fraction of sp³-hybridized carbons (Fsp3) is 0.125. The quantitative estimate of drug-likeness (QED) is 0.274. The number of rotatable bonds is 4. The molecule has 0 radical (unpaired) electrons. The number of carbonyl (C=O) groups is 1. The third-order valence-electron chi connectivity index (χ3n) is 5.63. The number of carbonyl (C=O) groups excluding carboxylic acids is 1. The first kappa shape index (κ1) is 24.5. The van der Waals surface area contributed by atoms with Crippen molar-refractivity contribution in [2.75, 3.05) is 18.5 Å². The maximum atomic E-state index is 13.5. The molecule has 2 aliphatic rings. The molecule has 0 aliphatic carbocycles. The lowest BCUT2D eigenvalue weighted by Crippen LogP contribution is -2.32. The molecule has 3 aromatic rings. The Morgan fingerprint density at radius 1 is 1.08 bits per heavy atom. The molecule has 1 fully saturated rings. The summed E-state index contributed by atoms with van der Waals surface area (Å²) in [4.78, 5) is 42.1. The monoisotopic (exact) mass is 554 g/mol. The van der Waals surface area contributed by atoms with E-state index in [1.54, 1.807) is 16.7 Å². The van der Waals surface area contributed by atoms with Gasteiger partial charge in [0.2, 0.25) is 0 Å². The number of nitro benzene ring substituents is 1. The van der Waals surface area contributed by atoms with E-state index in [0.29, 0.717) is 30.7 Å². The zero-order chi connectivity index (χ0) is 25.6. The molecule has 0 N–H and O–H groups in total. The van der Waals surface area contributed by atoms with Crippen molar-refractivity contribution in [1.82, 2.24) is 9.47 Å². The number of non-ortho nitro benzene ring substituents is 1. The van der Waals surface area contributed by atoms with Crippen LogP contribution < -0.4 is 19.7 Å². The van der Waals surface area contributed by atoms with Gasteiger partial charge in [-0.15, -0.1) is 11.3 Å². The molecule has 0 saturated carbocycles. The number of para-hydroxylation sites is 1. The minimum Gasteiger partial charge on any atom is -0.338 e. The van der Waals surface area contributed by atoms with Crippen molar-refractivity contribution in [2.24, 2.45) is 0 Å². The smallest absolute Gasteiger partial charge is 0.273 e. The van der Waals surface area contributed by atoms with Gasteiger partial charge in [0.05, 0.1) is 25.9 Å². The lowest BCUT2D eigenvalue weighted by atomic mass is 10.2. The average molecular weight is 555 g/mol. The summed E-state index contributed by atoms with van der Waals surface area (Å²) in [6.45, 7) is 2.32. The first-order valence-corrected chi connectivity index (χ1v) is 13.6. The fourth-order valence-electron chi connectivity index (χ4n) is 3.82. The Morgan fingerprint density at radius 3 is 2.50 bits per heavy atom. The number of benzene rings is 2. The molecule has 1 saturated heterocycles. The molecule has 0 bridgehead atoms. The highest BCUT2D eigenvalue weighted by Gasteiger charge is 2.33. The van der Waals surface area contributed by atoms with Crippen molar-refractivity contribution in [1.29, 1.82) is 0 Å². The summed E-state index contributed by atoms with van der Waals surface area (Å²) in [7, 11) is 1.83. The van der Waals surface area contributed by atoms with Gasteiger partial charge in [-0.25, -0.2) is 0 Å². The van der Waals surface area contributed by atoms with Gasteiger partial charge in [-0.1, -0.05) is 53.9 Å². The molecule has 0 atom stereocenters. The minimum atomic E-state index is -0.419. The fourth-order valence-corrected chi connectivity index (χ4v) is 7.42. The van der Waals surface area contributed by atoms with Crippen LogP contribution in [-0.2, 0) is 4.79 Å². The largest absolute Gasteiger partial charge is 0.338 e. The Bertz CT molecular complexity index is 1640. The third kappa shape index (κ3) is 4.19. The van der Waals surface area contributed by atoms with Crippen LogP contribution in [-0.4, -0.2) is 38.2 Å². The van der Waals surface area contributed by atoms with Crippen molar-refractivity contribution >= 4 is 79.7 Å². The molecule has 0 unspecified atom stereocenters. The number of anilines is 1. The number of fused-ring (bicyclic) bond motifs is 1. The second-order valence-corrected chi connectivity index (χ2v) is 11.5. The van der Waals surface area contributed by atoms with E-state index in [4.69, 9.17) is 12.2 Å². The third-order valence-corrected chi connectivity index (χ3v) is 9.50. The number of thiazole rings is 1.